The van der Waals surface area contributed by atoms with Gasteiger partial charge in [0.05, 0.1) is 0 Å². The number of hydrogen-bond donors (Lipinski definition) is 0. The van der Waals surface area contributed by atoms with Crippen molar-refractivity contribution >= 4 is 40.6 Å². The fourth-order valence-electron chi connectivity index (χ4n) is 0. The van der Waals surface area contributed by atoms with Gasteiger partial charge in [0.15, 0.2) is 5.78 Å². The Labute approximate surface area is 56.5 Å². The molecule has 0 amide bonds. The maximum Gasteiger partial charge on any atom is 0.249 e. The van der Waals surface area contributed by atoms with Gasteiger partial charge in [0.1, 0.15) is 0 Å². The van der Waals surface area contributed by atoms with Crippen molar-refractivity contribution in [1.82, 2.24) is 0 Å². The second-order valence-electron chi connectivity index (χ2n) is 0.862. The van der Waals surface area contributed by atoms with Crippen molar-refractivity contribution in [3.63, 3.8) is 0 Å². The molecule has 0 heterocycles. The summed E-state index contributed by atoms with van der Waals surface area (Å²) >= 11 is 14.8. The lowest BCUT2D eigenvalue weighted by atomic mass is 10.5. The van der Waals surface area contributed by atoms with Gasteiger partial charge in [0.2, 0.25) is 3.79 Å². The van der Waals surface area contributed by atoms with Crippen molar-refractivity contribution in [3.8, 4) is 0 Å². The Kier molecular flexibility index (Phi) is 2.38. The zero-order chi connectivity index (χ0) is 6.08. The SMILES string of the molecule is [CH]C(=O)C(Cl)(Cl)Cl. The van der Waals surface area contributed by atoms with Crippen LogP contribution in [-0.4, -0.2) is 9.58 Å². The van der Waals surface area contributed by atoms with Gasteiger partial charge in [-0.2, -0.15) is 0 Å². The average molecular weight is 159 g/mol. The Morgan fingerprint density at radius 2 is 1.57 bits per heavy atom. The van der Waals surface area contributed by atoms with E-state index in [0.717, 1.165) is 0 Å². The number of hydrogen-bond acceptors (Lipinski definition) is 1. The second kappa shape index (κ2) is 2.21. The Morgan fingerprint density at radius 3 is 1.57 bits per heavy atom. The lowest BCUT2D eigenvalue weighted by Gasteiger charge is -2.01. The van der Waals surface area contributed by atoms with Crippen LogP contribution in [0.5, 0.6) is 0 Å². The van der Waals surface area contributed by atoms with Crippen LogP contribution < -0.4 is 0 Å². The monoisotopic (exact) mass is 158 g/mol. The van der Waals surface area contributed by atoms with Crippen LogP contribution in [-0.2, 0) is 4.79 Å². The first-order valence-electron chi connectivity index (χ1n) is 1.31. The fraction of sp³-hybridized carbons (Fsp3) is 0.333. The van der Waals surface area contributed by atoms with Crippen LogP contribution in [0.25, 0.3) is 0 Å². The molecular weight excluding hydrogens is 158 g/mol. The maximum absolute atomic E-state index is 9.85. The van der Waals surface area contributed by atoms with E-state index in [1.165, 1.54) is 0 Å². The van der Waals surface area contributed by atoms with Gasteiger partial charge in [-0.1, -0.05) is 34.8 Å². The zero-order valence-electron chi connectivity index (χ0n) is 3.12. The van der Waals surface area contributed by atoms with E-state index >= 15 is 0 Å². The Bertz CT molecular complexity index is 82.7. The van der Waals surface area contributed by atoms with Gasteiger partial charge >= 0.3 is 0 Å². The normalized spacial score (nSPS) is 11.4. The minimum atomic E-state index is -1.94. The smallest absolute Gasteiger partial charge is 0.249 e. The summed E-state index contributed by atoms with van der Waals surface area (Å²) in [5.74, 6) is -0.961. The molecule has 0 rings (SSSR count). The number of carbonyl (C=O) groups excluding carboxylic acids is 1. The molecule has 40 valence electrons. The standard InChI is InChI=1S/C3HCl3O/c1-2(7)3(4,5)6/h1H. The molecule has 0 unspecified atom stereocenters. The molecule has 1 nitrogen and oxygen atoms in total. The van der Waals surface area contributed by atoms with E-state index in [1.807, 2.05) is 0 Å². The first kappa shape index (κ1) is 7.54. The van der Waals surface area contributed by atoms with Crippen molar-refractivity contribution in [3.05, 3.63) is 6.92 Å². The Balaban J connectivity index is 3.79. The molecule has 0 aliphatic heterocycles. The molecule has 0 aliphatic rings. The van der Waals surface area contributed by atoms with Gasteiger partial charge in [0.25, 0.3) is 0 Å². The summed E-state index contributed by atoms with van der Waals surface area (Å²) < 4.78 is -1.94. The Hall–Kier alpha value is 0.540. The molecular formula is C3HCl3O. The van der Waals surface area contributed by atoms with Gasteiger partial charge in [-0.3, -0.25) is 4.79 Å². The predicted octanol–water partition coefficient (Wildman–Crippen LogP) is 1.64. The second-order valence-corrected chi connectivity index (χ2v) is 3.14. The summed E-state index contributed by atoms with van der Waals surface area (Å²) in [6.07, 6.45) is 0. The fourth-order valence-corrected chi connectivity index (χ4v) is 0. The van der Waals surface area contributed by atoms with Crippen molar-refractivity contribution in [2.24, 2.45) is 0 Å². The number of ketones is 1. The molecule has 0 spiro atoms. The van der Waals surface area contributed by atoms with Crippen LogP contribution in [0.2, 0.25) is 0 Å². The highest BCUT2D eigenvalue weighted by molar-refractivity contribution is 6.76. The van der Waals surface area contributed by atoms with Crippen molar-refractivity contribution < 1.29 is 4.79 Å². The highest BCUT2D eigenvalue weighted by atomic mass is 35.6. The number of rotatable bonds is 0. The summed E-state index contributed by atoms with van der Waals surface area (Å²) in [5, 5.41) is 0. The van der Waals surface area contributed by atoms with E-state index in [2.05, 4.69) is 6.92 Å². The molecule has 0 aliphatic carbocycles. The molecule has 0 saturated carbocycles. The first-order valence-corrected chi connectivity index (χ1v) is 2.44. The zero-order valence-corrected chi connectivity index (χ0v) is 5.39. The molecule has 0 saturated heterocycles. The van der Waals surface area contributed by atoms with Gasteiger partial charge in [0, 0.05) is 6.92 Å². The lowest BCUT2D eigenvalue weighted by Crippen LogP contribution is -2.13. The first-order chi connectivity index (χ1) is 2.94. The molecule has 0 aromatic heterocycles. The van der Waals surface area contributed by atoms with E-state index in [4.69, 9.17) is 34.8 Å². The van der Waals surface area contributed by atoms with Crippen LogP contribution in [0.15, 0.2) is 0 Å². The van der Waals surface area contributed by atoms with Crippen molar-refractivity contribution in [1.29, 1.82) is 0 Å². The summed E-state index contributed by atoms with van der Waals surface area (Å²) in [7, 11) is 0. The molecule has 0 aromatic rings. The topological polar surface area (TPSA) is 17.1 Å². The molecule has 0 bridgehead atoms. The Morgan fingerprint density at radius 1 is 1.43 bits per heavy atom. The predicted molar refractivity (Wildman–Crippen MR) is 29.6 cm³/mol. The average Bonchev–Trinajstić information content (AvgIpc) is 1.31. The summed E-state index contributed by atoms with van der Waals surface area (Å²) in [6.45, 7) is 4.53. The summed E-state index contributed by atoms with van der Waals surface area (Å²) in [6, 6.07) is 0. The van der Waals surface area contributed by atoms with Gasteiger partial charge in [-0.05, 0) is 0 Å². The third kappa shape index (κ3) is 3.15. The van der Waals surface area contributed by atoms with Crippen LogP contribution in [0, 0.1) is 6.92 Å². The highest BCUT2D eigenvalue weighted by Gasteiger charge is 2.25. The van der Waals surface area contributed by atoms with E-state index in [1.54, 1.807) is 0 Å². The summed E-state index contributed by atoms with van der Waals surface area (Å²) in [4.78, 5) is 9.85. The third-order valence-corrected chi connectivity index (χ3v) is 0.838. The lowest BCUT2D eigenvalue weighted by molar-refractivity contribution is -0.114. The molecule has 0 atom stereocenters. The number of alkyl halides is 3. The van der Waals surface area contributed by atoms with Crippen molar-refractivity contribution in [2.75, 3.05) is 0 Å². The maximum atomic E-state index is 9.85. The molecule has 4 heteroatoms. The quantitative estimate of drug-likeness (QED) is 0.491. The van der Waals surface area contributed by atoms with E-state index in [9.17, 15) is 4.79 Å². The van der Waals surface area contributed by atoms with Gasteiger partial charge in [-0.25, -0.2) is 0 Å². The largest absolute Gasteiger partial charge is 0.294 e. The minimum Gasteiger partial charge on any atom is -0.294 e. The molecule has 7 heavy (non-hydrogen) atoms. The molecule has 0 N–H and O–H groups in total. The minimum absolute atomic E-state index is 0.961. The van der Waals surface area contributed by atoms with Crippen molar-refractivity contribution in [2.45, 2.75) is 3.79 Å². The molecule has 2 radical (unpaired) electrons. The number of Topliss-reactive ketones (excluding diaryl/α,β-unsaturated/α-hetero) is 1. The molecule has 0 aromatic carbocycles. The van der Waals surface area contributed by atoms with Crippen LogP contribution in [0.1, 0.15) is 0 Å². The summed E-state index contributed by atoms with van der Waals surface area (Å²) in [5.41, 5.74) is 0. The van der Waals surface area contributed by atoms with Crippen LogP contribution in [0.3, 0.4) is 0 Å². The van der Waals surface area contributed by atoms with E-state index in [-0.39, 0.29) is 0 Å². The van der Waals surface area contributed by atoms with Gasteiger partial charge in [-0.15, -0.1) is 0 Å². The van der Waals surface area contributed by atoms with Crippen LogP contribution >= 0.6 is 34.8 Å². The van der Waals surface area contributed by atoms with Crippen LogP contribution in [0.4, 0.5) is 0 Å². The van der Waals surface area contributed by atoms with E-state index < -0.39 is 9.58 Å². The highest BCUT2D eigenvalue weighted by Crippen LogP contribution is 2.25. The number of halogens is 3. The third-order valence-electron chi connectivity index (χ3n) is 0.279. The molecule has 0 fully saturated rings. The van der Waals surface area contributed by atoms with E-state index in [0.29, 0.717) is 0 Å². The number of carbonyl (C=O) groups is 1. The van der Waals surface area contributed by atoms with Gasteiger partial charge < -0.3 is 0 Å².